The van der Waals surface area contributed by atoms with E-state index in [0.29, 0.717) is 5.75 Å². The molecule has 0 saturated carbocycles. The van der Waals surface area contributed by atoms with Crippen molar-refractivity contribution in [3.05, 3.63) is 65.4 Å². The van der Waals surface area contributed by atoms with E-state index >= 15 is 0 Å². The summed E-state index contributed by atoms with van der Waals surface area (Å²) < 4.78 is 32.7. The van der Waals surface area contributed by atoms with Gasteiger partial charge in [0.15, 0.2) is 0 Å². The molecule has 1 N–H and O–H groups in total. The summed E-state index contributed by atoms with van der Waals surface area (Å²) in [7, 11) is 1.59. The second kappa shape index (κ2) is 6.20. The van der Waals surface area contributed by atoms with E-state index in [1.807, 2.05) is 31.2 Å². The van der Waals surface area contributed by atoms with Crippen molar-refractivity contribution in [3.8, 4) is 5.75 Å². The van der Waals surface area contributed by atoms with E-state index in [1.54, 1.807) is 7.11 Å². The van der Waals surface area contributed by atoms with Crippen LogP contribution in [0.5, 0.6) is 5.75 Å². The van der Waals surface area contributed by atoms with Gasteiger partial charge in [-0.1, -0.05) is 6.07 Å². The van der Waals surface area contributed by atoms with Crippen LogP contribution in [0.4, 0.5) is 14.5 Å². The number of hydrogen-bond acceptors (Lipinski definition) is 3. The molecule has 0 aliphatic carbocycles. The summed E-state index contributed by atoms with van der Waals surface area (Å²) in [6.07, 6.45) is 0. The van der Waals surface area contributed by atoms with Gasteiger partial charge in [-0.2, -0.15) is 0 Å². The molecule has 2 aromatic carbocycles. The molecule has 23 heavy (non-hydrogen) atoms. The molecule has 0 aliphatic heterocycles. The molecular weight excluding hydrogens is 298 g/mol. The Kier molecular flexibility index (Phi) is 4.10. The van der Waals surface area contributed by atoms with Crippen LogP contribution in [0, 0.1) is 18.6 Å². The first-order valence-electron chi connectivity index (χ1n) is 7.20. The van der Waals surface area contributed by atoms with Crippen molar-refractivity contribution in [1.29, 1.82) is 0 Å². The molecule has 3 nitrogen and oxygen atoms in total. The molecule has 1 aromatic heterocycles. The normalized spacial score (nSPS) is 10.8. The number of pyridine rings is 1. The van der Waals surface area contributed by atoms with E-state index < -0.39 is 11.6 Å². The number of ether oxygens (including phenoxy) is 1. The third kappa shape index (κ3) is 3.08. The smallest absolute Gasteiger partial charge is 0.131 e. The minimum Gasteiger partial charge on any atom is -0.497 e. The van der Waals surface area contributed by atoms with Gasteiger partial charge in [-0.3, -0.25) is 4.98 Å². The molecule has 0 spiro atoms. The first kappa shape index (κ1) is 15.2. The van der Waals surface area contributed by atoms with E-state index in [0.717, 1.165) is 22.3 Å². The van der Waals surface area contributed by atoms with Gasteiger partial charge < -0.3 is 10.1 Å². The van der Waals surface area contributed by atoms with Gasteiger partial charge in [-0.15, -0.1) is 0 Å². The van der Waals surface area contributed by atoms with Crippen LogP contribution in [0.25, 0.3) is 10.9 Å². The zero-order chi connectivity index (χ0) is 16.4. The highest BCUT2D eigenvalue weighted by atomic mass is 19.1. The van der Waals surface area contributed by atoms with Gasteiger partial charge in [0.05, 0.1) is 12.6 Å². The zero-order valence-corrected chi connectivity index (χ0v) is 12.9. The molecule has 0 radical (unpaired) electrons. The van der Waals surface area contributed by atoms with Crippen LogP contribution >= 0.6 is 0 Å². The Morgan fingerprint density at radius 2 is 1.83 bits per heavy atom. The van der Waals surface area contributed by atoms with Crippen molar-refractivity contribution >= 4 is 16.6 Å². The second-order valence-corrected chi connectivity index (χ2v) is 5.25. The summed E-state index contributed by atoms with van der Waals surface area (Å²) in [4.78, 5) is 4.46. The molecule has 5 heteroatoms. The first-order valence-corrected chi connectivity index (χ1v) is 7.20. The van der Waals surface area contributed by atoms with E-state index in [-0.39, 0.29) is 12.1 Å². The highest BCUT2D eigenvalue weighted by molar-refractivity contribution is 5.92. The number of rotatable bonds is 4. The molecular formula is C18H16F2N2O. The molecule has 0 atom stereocenters. The maximum absolute atomic E-state index is 13.8. The summed E-state index contributed by atoms with van der Waals surface area (Å²) >= 11 is 0. The van der Waals surface area contributed by atoms with E-state index in [2.05, 4.69) is 10.3 Å². The van der Waals surface area contributed by atoms with Crippen LogP contribution in [-0.4, -0.2) is 12.1 Å². The highest BCUT2D eigenvalue weighted by Crippen LogP contribution is 2.28. The zero-order valence-electron chi connectivity index (χ0n) is 12.9. The predicted octanol–water partition coefficient (Wildman–Crippen LogP) is 4.44. The van der Waals surface area contributed by atoms with Gasteiger partial charge in [0.1, 0.15) is 17.4 Å². The Bertz CT molecular complexity index is 845. The van der Waals surface area contributed by atoms with Crippen LogP contribution in [0.3, 0.4) is 0 Å². The maximum Gasteiger partial charge on any atom is 0.131 e. The number of aromatic nitrogens is 1. The first-order chi connectivity index (χ1) is 11.1. The van der Waals surface area contributed by atoms with Crippen molar-refractivity contribution in [3.63, 3.8) is 0 Å². The average Bonchev–Trinajstić information content (AvgIpc) is 2.53. The molecule has 1 heterocycles. The van der Waals surface area contributed by atoms with Gasteiger partial charge in [0.25, 0.3) is 0 Å². The van der Waals surface area contributed by atoms with Gasteiger partial charge >= 0.3 is 0 Å². The average molecular weight is 314 g/mol. The number of anilines is 1. The largest absolute Gasteiger partial charge is 0.497 e. The molecule has 3 aromatic rings. The Labute approximate surface area is 132 Å². The standard InChI is InChI=1S/C18H16F2N2O/c1-11-8-18(13-9-12(23-2)6-7-17(13)22-11)21-10-14-15(19)4-3-5-16(14)20/h3-9H,10H2,1-2H3,(H,21,22). The van der Waals surface area contributed by atoms with E-state index in [1.165, 1.54) is 18.2 Å². The Morgan fingerprint density at radius 1 is 1.09 bits per heavy atom. The number of nitrogens with zero attached hydrogens (tertiary/aromatic N) is 1. The number of aryl methyl sites for hydroxylation is 1. The number of benzene rings is 2. The minimum absolute atomic E-state index is 0.0120. The number of hydrogen-bond donors (Lipinski definition) is 1. The van der Waals surface area contributed by atoms with Crippen molar-refractivity contribution in [2.24, 2.45) is 0 Å². The predicted molar refractivity (Wildman–Crippen MR) is 86.7 cm³/mol. The van der Waals surface area contributed by atoms with E-state index in [4.69, 9.17) is 4.74 Å². The number of fused-ring (bicyclic) bond motifs is 1. The number of nitrogens with one attached hydrogen (secondary N) is 1. The maximum atomic E-state index is 13.8. The van der Waals surface area contributed by atoms with Gasteiger partial charge in [0, 0.05) is 28.9 Å². The fourth-order valence-electron chi connectivity index (χ4n) is 2.50. The van der Waals surface area contributed by atoms with E-state index in [9.17, 15) is 8.78 Å². The lowest BCUT2D eigenvalue weighted by Gasteiger charge is -2.13. The van der Waals surface area contributed by atoms with Gasteiger partial charge in [0.2, 0.25) is 0 Å². The summed E-state index contributed by atoms with van der Waals surface area (Å²) in [6, 6.07) is 11.2. The molecule has 118 valence electrons. The van der Waals surface area contributed by atoms with Crippen LogP contribution in [-0.2, 0) is 6.54 Å². The highest BCUT2D eigenvalue weighted by Gasteiger charge is 2.10. The minimum atomic E-state index is -0.565. The molecule has 0 fully saturated rings. The molecule has 0 unspecified atom stereocenters. The molecule has 0 aliphatic rings. The lowest BCUT2D eigenvalue weighted by atomic mass is 10.1. The van der Waals surface area contributed by atoms with Crippen LogP contribution in [0.1, 0.15) is 11.3 Å². The van der Waals surface area contributed by atoms with Crippen molar-refractivity contribution in [2.45, 2.75) is 13.5 Å². The number of halogens is 2. The molecule has 3 rings (SSSR count). The topological polar surface area (TPSA) is 34.1 Å². The molecule has 0 amide bonds. The second-order valence-electron chi connectivity index (χ2n) is 5.25. The van der Waals surface area contributed by atoms with Gasteiger partial charge in [-0.05, 0) is 43.3 Å². The fourth-order valence-corrected chi connectivity index (χ4v) is 2.50. The lowest BCUT2D eigenvalue weighted by Crippen LogP contribution is -2.05. The Balaban J connectivity index is 1.99. The third-order valence-corrected chi connectivity index (χ3v) is 3.66. The lowest BCUT2D eigenvalue weighted by molar-refractivity contribution is 0.415. The molecule has 0 saturated heterocycles. The summed E-state index contributed by atoms with van der Waals surface area (Å²) in [5, 5.41) is 3.94. The Morgan fingerprint density at radius 3 is 2.52 bits per heavy atom. The van der Waals surface area contributed by atoms with Crippen LogP contribution < -0.4 is 10.1 Å². The van der Waals surface area contributed by atoms with Crippen molar-refractivity contribution in [1.82, 2.24) is 4.98 Å². The Hall–Kier alpha value is -2.69. The molecule has 0 bridgehead atoms. The van der Waals surface area contributed by atoms with Crippen molar-refractivity contribution < 1.29 is 13.5 Å². The monoisotopic (exact) mass is 314 g/mol. The summed E-state index contributed by atoms with van der Waals surface area (Å²) in [5.41, 5.74) is 2.38. The number of methoxy groups -OCH3 is 1. The SMILES string of the molecule is COc1ccc2nc(C)cc(NCc3c(F)cccc3F)c2c1. The van der Waals surface area contributed by atoms with Crippen LogP contribution in [0.2, 0.25) is 0 Å². The van der Waals surface area contributed by atoms with Crippen LogP contribution in [0.15, 0.2) is 42.5 Å². The fraction of sp³-hybridized carbons (Fsp3) is 0.167. The summed E-state index contributed by atoms with van der Waals surface area (Å²) in [5.74, 6) is -0.432. The third-order valence-electron chi connectivity index (χ3n) is 3.66. The van der Waals surface area contributed by atoms with Crippen molar-refractivity contribution in [2.75, 3.05) is 12.4 Å². The summed E-state index contributed by atoms with van der Waals surface area (Å²) in [6.45, 7) is 1.92. The quantitative estimate of drug-likeness (QED) is 0.773. The van der Waals surface area contributed by atoms with Gasteiger partial charge in [-0.25, -0.2) is 8.78 Å².